The second-order valence-corrected chi connectivity index (χ2v) is 8.41. The summed E-state index contributed by atoms with van der Waals surface area (Å²) in [6, 6.07) is 3.59. The largest absolute Gasteiger partial charge is 0.207 e. The van der Waals surface area contributed by atoms with Crippen molar-refractivity contribution in [1.82, 2.24) is 0 Å². The fourth-order valence-corrected chi connectivity index (χ4v) is 5.41. The van der Waals surface area contributed by atoms with Crippen LogP contribution < -0.4 is 0 Å². The van der Waals surface area contributed by atoms with Crippen LogP contribution in [0.2, 0.25) is 5.02 Å². The molecule has 4 unspecified atom stereocenters. The zero-order valence-corrected chi connectivity index (χ0v) is 15.1. The predicted octanol–water partition coefficient (Wildman–Crippen LogP) is 7.23. The third-order valence-electron chi connectivity index (χ3n) is 6.38. The number of benzene rings is 2. The number of fused-ring (bicyclic) bond motifs is 2. The third kappa shape index (κ3) is 3.05. The summed E-state index contributed by atoms with van der Waals surface area (Å²) in [5.41, 5.74) is 0.716. The second kappa shape index (κ2) is 6.50. The molecule has 2 aliphatic rings. The molecule has 0 aromatic heterocycles. The molecule has 0 radical (unpaired) electrons. The van der Waals surface area contributed by atoms with E-state index < -0.39 is 17.5 Å². The maximum absolute atomic E-state index is 14.7. The number of hydrogen-bond acceptors (Lipinski definition) is 0. The van der Waals surface area contributed by atoms with Crippen LogP contribution in [0.1, 0.15) is 56.9 Å². The zero-order valence-electron chi connectivity index (χ0n) is 14.3. The minimum Gasteiger partial charge on any atom is -0.207 e. The zero-order chi connectivity index (χ0) is 17.7. The van der Waals surface area contributed by atoms with E-state index in [0.29, 0.717) is 17.5 Å². The number of halogens is 4. The van der Waals surface area contributed by atoms with Gasteiger partial charge in [0.1, 0.15) is 11.6 Å². The summed E-state index contributed by atoms with van der Waals surface area (Å²) < 4.78 is 42.2. The quantitative estimate of drug-likeness (QED) is 0.499. The highest BCUT2D eigenvalue weighted by atomic mass is 35.5. The Morgan fingerprint density at radius 2 is 1.64 bits per heavy atom. The van der Waals surface area contributed by atoms with Gasteiger partial charge in [0.15, 0.2) is 5.82 Å². The Balaban J connectivity index is 1.71. The van der Waals surface area contributed by atoms with E-state index in [1.807, 2.05) is 0 Å². The minimum atomic E-state index is -0.897. The SMILES string of the molecule is CC1CCC2CC(c3cc4cc(F)cc(F)c4c(F)c3Cl)CCC2C1. The predicted molar refractivity (Wildman–Crippen MR) is 95.4 cm³/mol. The average Bonchev–Trinajstić information content (AvgIpc) is 2.57. The van der Waals surface area contributed by atoms with Crippen LogP contribution in [0.5, 0.6) is 0 Å². The standard InChI is InChI=1S/C21H22ClF3/c1-11-2-3-13-7-14(5-4-12(13)6-11)17-9-15-8-16(23)10-18(24)19(15)21(25)20(17)22/h8-14H,2-7H2,1H3. The highest BCUT2D eigenvalue weighted by molar-refractivity contribution is 6.32. The van der Waals surface area contributed by atoms with E-state index in [9.17, 15) is 13.2 Å². The van der Waals surface area contributed by atoms with Gasteiger partial charge >= 0.3 is 0 Å². The molecule has 0 N–H and O–H groups in total. The number of rotatable bonds is 1. The topological polar surface area (TPSA) is 0 Å². The average molecular weight is 367 g/mol. The van der Waals surface area contributed by atoms with E-state index in [4.69, 9.17) is 11.6 Å². The molecule has 25 heavy (non-hydrogen) atoms. The molecule has 2 fully saturated rings. The molecular formula is C21H22ClF3. The van der Waals surface area contributed by atoms with E-state index >= 15 is 0 Å². The van der Waals surface area contributed by atoms with Gasteiger partial charge in [0.05, 0.1) is 10.4 Å². The first-order chi connectivity index (χ1) is 11.9. The van der Waals surface area contributed by atoms with Gasteiger partial charge in [-0.2, -0.15) is 0 Å². The van der Waals surface area contributed by atoms with Gasteiger partial charge in [-0.15, -0.1) is 0 Å². The Morgan fingerprint density at radius 3 is 2.44 bits per heavy atom. The van der Waals surface area contributed by atoms with Gasteiger partial charge < -0.3 is 0 Å². The summed E-state index contributed by atoms with van der Waals surface area (Å²) in [5, 5.41) is 0.0507. The molecule has 0 amide bonds. The van der Waals surface area contributed by atoms with E-state index in [0.717, 1.165) is 31.1 Å². The van der Waals surface area contributed by atoms with Crippen molar-refractivity contribution in [2.75, 3.05) is 0 Å². The van der Waals surface area contributed by atoms with E-state index in [1.54, 1.807) is 6.07 Å². The van der Waals surface area contributed by atoms with Gasteiger partial charge in [-0.1, -0.05) is 24.9 Å². The van der Waals surface area contributed by atoms with Crippen LogP contribution in [-0.2, 0) is 0 Å². The lowest BCUT2D eigenvalue weighted by Crippen LogP contribution is -2.29. The molecule has 0 spiro atoms. The van der Waals surface area contributed by atoms with Crippen molar-refractivity contribution in [1.29, 1.82) is 0 Å². The fraction of sp³-hybridized carbons (Fsp3) is 0.524. The first-order valence-corrected chi connectivity index (χ1v) is 9.58. The van der Waals surface area contributed by atoms with Crippen LogP contribution in [-0.4, -0.2) is 0 Å². The summed E-state index contributed by atoms with van der Waals surface area (Å²) in [5.74, 6) is 0.0467. The van der Waals surface area contributed by atoms with E-state index in [2.05, 4.69) is 6.92 Å². The molecule has 0 bridgehead atoms. The van der Waals surface area contributed by atoms with Crippen LogP contribution in [0, 0.1) is 35.2 Å². The van der Waals surface area contributed by atoms with Crippen molar-refractivity contribution in [3.05, 3.63) is 46.2 Å². The smallest absolute Gasteiger partial charge is 0.152 e. The van der Waals surface area contributed by atoms with Crippen molar-refractivity contribution in [2.24, 2.45) is 17.8 Å². The molecule has 2 saturated carbocycles. The Kier molecular flexibility index (Phi) is 4.47. The molecule has 134 valence electrons. The van der Waals surface area contributed by atoms with Crippen LogP contribution >= 0.6 is 11.6 Å². The second-order valence-electron chi connectivity index (χ2n) is 8.03. The van der Waals surface area contributed by atoms with E-state index in [1.165, 1.54) is 25.3 Å². The molecule has 0 saturated heterocycles. The van der Waals surface area contributed by atoms with Crippen molar-refractivity contribution in [3.8, 4) is 0 Å². The summed E-state index contributed by atoms with van der Waals surface area (Å²) in [6.07, 6.45) is 6.86. The van der Waals surface area contributed by atoms with Gasteiger partial charge in [0.25, 0.3) is 0 Å². The van der Waals surface area contributed by atoms with Crippen molar-refractivity contribution in [3.63, 3.8) is 0 Å². The summed E-state index contributed by atoms with van der Waals surface area (Å²) in [7, 11) is 0. The fourth-order valence-electron chi connectivity index (χ4n) is 5.11. The maximum atomic E-state index is 14.7. The molecular weight excluding hydrogens is 345 g/mol. The van der Waals surface area contributed by atoms with Crippen LogP contribution in [0.4, 0.5) is 13.2 Å². The highest BCUT2D eigenvalue weighted by Crippen LogP contribution is 2.49. The first kappa shape index (κ1) is 17.2. The molecule has 4 atom stereocenters. The third-order valence-corrected chi connectivity index (χ3v) is 6.76. The lowest BCUT2D eigenvalue weighted by Gasteiger charge is -2.41. The molecule has 0 nitrogen and oxygen atoms in total. The summed E-state index contributed by atoms with van der Waals surface area (Å²) in [4.78, 5) is 0. The van der Waals surface area contributed by atoms with Crippen molar-refractivity contribution < 1.29 is 13.2 Å². The Bertz CT molecular complexity index is 817. The maximum Gasteiger partial charge on any atom is 0.152 e. The van der Waals surface area contributed by atoms with Crippen LogP contribution in [0.15, 0.2) is 18.2 Å². The Hall–Kier alpha value is -1.22. The molecule has 2 aromatic rings. The molecule has 0 aliphatic heterocycles. The minimum absolute atomic E-state index is 0.00522. The van der Waals surface area contributed by atoms with Gasteiger partial charge in [0, 0.05) is 6.07 Å². The highest BCUT2D eigenvalue weighted by Gasteiger charge is 2.36. The first-order valence-electron chi connectivity index (χ1n) is 9.20. The molecule has 4 heteroatoms. The lowest BCUT2D eigenvalue weighted by atomic mass is 9.64. The molecule has 4 rings (SSSR count). The van der Waals surface area contributed by atoms with Gasteiger partial charge in [-0.3, -0.25) is 0 Å². The normalized spacial score (nSPS) is 29.6. The molecule has 2 aromatic carbocycles. The van der Waals surface area contributed by atoms with Gasteiger partial charge in [0.2, 0.25) is 0 Å². The summed E-state index contributed by atoms with van der Waals surface area (Å²) in [6.45, 7) is 2.32. The van der Waals surface area contributed by atoms with E-state index in [-0.39, 0.29) is 21.7 Å². The van der Waals surface area contributed by atoms with Gasteiger partial charge in [-0.25, -0.2) is 13.2 Å². The number of hydrogen-bond donors (Lipinski definition) is 0. The molecule has 2 aliphatic carbocycles. The summed E-state index contributed by atoms with van der Waals surface area (Å²) >= 11 is 6.28. The van der Waals surface area contributed by atoms with Crippen molar-refractivity contribution >= 4 is 22.4 Å². The Morgan fingerprint density at radius 1 is 0.920 bits per heavy atom. The van der Waals surface area contributed by atoms with Crippen LogP contribution in [0.3, 0.4) is 0 Å². The van der Waals surface area contributed by atoms with Crippen LogP contribution in [0.25, 0.3) is 10.8 Å². The molecule has 0 heterocycles. The lowest BCUT2D eigenvalue weighted by molar-refractivity contribution is 0.124. The van der Waals surface area contributed by atoms with Crippen molar-refractivity contribution in [2.45, 2.75) is 51.4 Å². The van der Waals surface area contributed by atoms with Gasteiger partial charge in [-0.05, 0) is 78.9 Å². The monoisotopic (exact) mass is 366 g/mol. The Labute approximate surface area is 151 Å².